The zero-order valence-corrected chi connectivity index (χ0v) is 8.51. The molecule has 0 aliphatic heterocycles. The van der Waals surface area contributed by atoms with Gasteiger partial charge in [-0.15, -0.1) is 23.1 Å². The molecule has 0 unspecified atom stereocenters. The Kier molecular flexibility index (Phi) is 2.17. The van der Waals surface area contributed by atoms with Crippen molar-refractivity contribution >= 4 is 33.2 Å². The van der Waals surface area contributed by atoms with Crippen LogP contribution in [0.3, 0.4) is 0 Å². The van der Waals surface area contributed by atoms with Crippen molar-refractivity contribution < 1.29 is 9.50 Å². The van der Waals surface area contributed by atoms with E-state index >= 15 is 0 Å². The normalized spacial score (nSPS) is 10.9. The molecule has 0 bridgehead atoms. The smallest absolute Gasteiger partial charge is 0.136 e. The molecule has 1 aromatic carbocycles. The second-order valence-electron chi connectivity index (χ2n) is 2.61. The summed E-state index contributed by atoms with van der Waals surface area (Å²) >= 11 is 3.07. The van der Waals surface area contributed by atoms with Gasteiger partial charge in [0.1, 0.15) is 11.6 Å². The topological polar surface area (TPSA) is 20.2 Å². The average Bonchev–Trinajstić information content (AvgIpc) is 2.47. The Labute approximate surface area is 83.2 Å². The Bertz CT molecular complexity index is 450. The van der Waals surface area contributed by atoms with Gasteiger partial charge in [-0.25, -0.2) is 4.39 Å². The van der Waals surface area contributed by atoms with Gasteiger partial charge in [0.05, 0.1) is 8.91 Å². The predicted octanol–water partition coefficient (Wildman–Crippen LogP) is 3.47. The van der Waals surface area contributed by atoms with Gasteiger partial charge >= 0.3 is 0 Å². The van der Waals surface area contributed by atoms with Gasteiger partial charge < -0.3 is 5.11 Å². The first kappa shape index (κ1) is 8.84. The molecule has 0 saturated carbocycles. The van der Waals surface area contributed by atoms with Crippen LogP contribution in [0.5, 0.6) is 5.75 Å². The SMILES string of the molecule is CSc1cc2cc(F)cc(O)c2s1. The van der Waals surface area contributed by atoms with Crippen LogP contribution in [-0.4, -0.2) is 11.4 Å². The molecular formula is C9H7FOS2. The molecule has 1 N–H and O–H groups in total. The van der Waals surface area contributed by atoms with Crippen LogP contribution in [0.25, 0.3) is 10.1 Å². The summed E-state index contributed by atoms with van der Waals surface area (Å²) in [7, 11) is 0. The molecule has 2 rings (SSSR count). The van der Waals surface area contributed by atoms with Gasteiger partial charge in [-0.05, 0) is 18.4 Å². The third kappa shape index (κ3) is 1.51. The minimum absolute atomic E-state index is 0.0281. The number of hydrogen-bond acceptors (Lipinski definition) is 3. The highest BCUT2D eigenvalue weighted by Crippen LogP contribution is 2.37. The van der Waals surface area contributed by atoms with Gasteiger partial charge in [0.15, 0.2) is 0 Å². The highest BCUT2D eigenvalue weighted by molar-refractivity contribution is 8.00. The zero-order valence-electron chi connectivity index (χ0n) is 6.87. The van der Waals surface area contributed by atoms with Crippen LogP contribution in [0.15, 0.2) is 22.4 Å². The fourth-order valence-electron chi connectivity index (χ4n) is 1.18. The standard InChI is InChI=1S/C9H7FOS2/c1-12-8-3-5-2-6(10)4-7(11)9(5)13-8/h2-4,11H,1H3. The Morgan fingerprint density at radius 1 is 1.38 bits per heavy atom. The van der Waals surface area contributed by atoms with Crippen LogP contribution in [0.2, 0.25) is 0 Å². The van der Waals surface area contributed by atoms with E-state index in [2.05, 4.69) is 0 Å². The van der Waals surface area contributed by atoms with Crippen molar-refractivity contribution in [2.75, 3.05) is 6.26 Å². The Morgan fingerprint density at radius 3 is 2.85 bits per heavy atom. The van der Waals surface area contributed by atoms with Crippen molar-refractivity contribution in [3.05, 3.63) is 24.0 Å². The molecule has 68 valence electrons. The van der Waals surface area contributed by atoms with Crippen molar-refractivity contribution in [3.63, 3.8) is 0 Å². The highest BCUT2D eigenvalue weighted by Gasteiger charge is 2.07. The van der Waals surface area contributed by atoms with Crippen LogP contribution in [0.1, 0.15) is 0 Å². The van der Waals surface area contributed by atoms with Crippen molar-refractivity contribution in [2.24, 2.45) is 0 Å². The molecule has 13 heavy (non-hydrogen) atoms. The Morgan fingerprint density at radius 2 is 2.15 bits per heavy atom. The van der Waals surface area contributed by atoms with Crippen molar-refractivity contribution in [1.29, 1.82) is 0 Å². The van der Waals surface area contributed by atoms with E-state index in [1.807, 2.05) is 12.3 Å². The summed E-state index contributed by atoms with van der Waals surface area (Å²) in [5.41, 5.74) is 0. The lowest BCUT2D eigenvalue weighted by atomic mass is 10.2. The fourth-order valence-corrected chi connectivity index (χ4v) is 2.79. The molecule has 0 aliphatic rings. The predicted molar refractivity (Wildman–Crippen MR) is 55.2 cm³/mol. The van der Waals surface area contributed by atoms with Gasteiger partial charge in [0.25, 0.3) is 0 Å². The second-order valence-corrected chi connectivity index (χ2v) is 4.77. The number of phenolic OH excluding ortho intramolecular Hbond substituents is 1. The van der Waals surface area contributed by atoms with Gasteiger partial charge in [-0.1, -0.05) is 0 Å². The van der Waals surface area contributed by atoms with Crippen LogP contribution in [-0.2, 0) is 0 Å². The quantitative estimate of drug-likeness (QED) is 0.733. The number of thioether (sulfide) groups is 1. The summed E-state index contributed by atoms with van der Waals surface area (Å²) in [6.45, 7) is 0. The Balaban J connectivity index is 2.75. The maximum atomic E-state index is 12.8. The van der Waals surface area contributed by atoms with Crippen molar-refractivity contribution in [3.8, 4) is 5.75 Å². The number of rotatable bonds is 1. The number of benzene rings is 1. The zero-order chi connectivity index (χ0) is 9.42. The van der Waals surface area contributed by atoms with E-state index in [4.69, 9.17) is 0 Å². The van der Waals surface area contributed by atoms with Crippen LogP contribution >= 0.6 is 23.1 Å². The van der Waals surface area contributed by atoms with Gasteiger partial charge in [-0.2, -0.15) is 0 Å². The van der Waals surface area contributed by atoms with E-state index in [1.165, 1.54) is 17.4 Å². The number of thiophene rings is 1. The molecular weight excluding hydrogens is 207 g/mol. The molecule has 2 aromatic rings. The van der Waals surface area contributed by atoms with Crippen molar-refractivity contribution in [1.82, 2.24) is 0 Å². The van der Waals surface area contributed by atoms with E-state index in [9.17, 15) is 9.50 Å². The molecule has 1 nitrogen and oxygen atoms in total. The molecule has 4 heteroatoms. The molecule has 0 radical (unpaired) electrons. The third-order valence-corrected chi connectivity index (χ3v) is 3.98. The molecule has 0 amide bonds. The summed E-state index contributed by atoms with van der Waals surface area (Å²) in [5, 5.41) is 10.2. The fraction of sp³-hybridized carbons (Fsp3) is 0.111. The first-order chi connectivity index (χ1) is 6.20. The molecule has 1 heterocycles. The van der Waals surface area contributed by atoms with Gasteiger partial charge in [0.2, 0.25) is 0 Å². The van der Waals surface area contributed by atoms with E-state index in [0.29, 0.717) is 0 Å². The lowest BCUT2D eigenvalue weighted by molar-refractivity contribution is 0.476. The first-order valence-electron chi connectivity index (χ1n) is 3.67. The number of fused-ring (bicyclic) bond motifs is 1. The van der Waals surface area contributed by atoms with Crippen LogP contribution in [0.4, 0.5) is 4.39 Å². The van der Waals surface area contributed by atoms with E-state index in [-0.39, 0.29) is 5.75 Å². The van der Waals surface area contributed by atoms with E-state index in [0.717, 1.165) is 20.4 Å². The molecule has 0 fully saturated rings. The lowest BCUT2D eigenvalue weighted by Crippen LogP contribution is -1.71. The van der Waals surface area contributed by atoms with Crippen LogP contribution < -0.4 is 0 Å². The van der Waals surface area contributed by atoms with E-state index < -0.39 is 5.82 Å². The minimum atomic E-state index is -0.393. The highest BCUT2D eigenvalue weighted by atomic mass is 32.2. The maximum Gasteiger partial charge on any atom is 0.136 e. The third-order valence-electron chi connectivity index (χ3n) is 1.74. The van der Waals surface area contributed by atoms with Gasteiger partial charge in [0, 0.05) is 11.5 Å². The lowest BCUT2D eigenvalue weighted by Gasteiger charge is -1.93. The van der Waals surface area contributed by atoms with Crippen LogP contribution in [0, 0.1) is 5.82 Å². The summed E-state index contributed by atoms with van der Waals surface area (Å²) < 4.78 is 14.7. The molecule has 0 atom stereocenters. The van der Waals surface area contributed by atoms with Gasteiger partial charge in [-0.3, -0.25) is 0 Å². The largest absolute Gasteiger partial charge is 0.506 e. The summed E-state index contributed by atoms with van der Waals surface area (Å²) in [6, 6.07) is 4.46. The molecule has 0 saturated heterocycles. The minimum Gasteiger partial charge on any atom is -0.506 e. The Hall–Kier alpha value is -0.740. The number of halogens is 1. The first-order valence-corrected chi connectivity index (χ1v) is 5.71. The summed E-state index contributed by atoms with van der Waals surface area (Å²) in [6.07, 6.45) is 1.96. The maximum absolute atomic E-state index is 12.8. The number of hydrogen-bond donors (Lipinski definition) is 1. The van der Waals surface area contributed by atoms with E-state index in [1.54, 1.807) is 11.8 Å². The molecule has 0 aliphatic carbocycles. The average molecular weight is 214 g/mol. The molecule has 0 spiro atoms. The summed E-state index contributed by atoms with van der Waals surface area (Å²) in [4.78, 5) is 0. The molecule has 1 aromatic heterocycles. The number of phenols is 1. The monoisotopic (exact) mass is 214 g/mol. The number of aromatic hydroxyl groups is 1. The van der Waals surface area contributed by atoms with Crippen molar-refractivity contribution in [2.45, 2.75) is 4.21 Å². The summed E-state index contributed by atoms with van der Waals surface area (Å²) in [5.74, 6) is -0.365. The second kappa shape index (κ2) is 3.20.